The number of amides is 1. The van der Waals surface area contributed by atoms with Gasteiger partial charge >= 0.3 is 0 Å². The van der Waals surface area contributed by atoms with E-state index >= 15 is 0 Å². The summed E-state index contributed by atoms with van der Waals surface area (Å²) in [6.45, 7) is 5.44. The first-order valence-electron chi connectivity index (χ1n) is 6.97. The Kier molecular flexibility index (Phi) is 6.26. The van der Waals surface area contributed by atoms with E-state index in [1.807, 2.05) is 0 Å². The number of hydrogen-bond acceptors (Lipinski definition) is 2. The molecule has 0 aliphatic carbocycles. The highest BCUT2D eigenvalue weighted by Gasteiger charge is 2.32. The van der Waals surface area contributed by atoms with Crippen LogP contribution < -0.4 is 10.6 Å². The van der Waals surface area contributed by atoms with Gasteiger partial charge in [0.05, 0.1) is 0 Å². The fourth-order valence-electron chi connectivity index (χ4n) is 2.60. The largest absolute Gasteiger partial charge is 0.350 e. The lowest BCUT2D eigenvalue weighted by Gasteiger charge is -2.39. The van der Waals surface area contributed by atoms with Gasteiger partial charge in [0.2, 0.25) is 0 Å². The van der Waals surface area contributed by atoms with Gasteiger partial charge in [-0.3, -0.25) is 4.79 Å². The number of carbonyl (C=O) groups excluding carboxylic acids is 1. The summed E-state index contributed by atoms with van der Waals surface area (Å²) in [6, 6.07) is 1.49. The highest BCUT2D eigenvalue weighted by molar-refractivity contribution is 5.94. The van der Waals surface area contributed by atoms with Gasteiger partial charge in [-0.2, -0.15) is 0 Å². The minimum Gasteiger partial charge on any atom is -0.350 e. The third kappa shape index (κ3) is 4.14. The SMILES string of the molecule is CC1(C)CCCNC1CNC(=O)c1cc(F)c(F)c(F)c1.Cl. The summed E-state index contributed by atoms with van der Waals surface area (Å²) in [5, 5.41) is 5.97. The van der Waals surface area contributed by atoms with Gasteiger partial charge in [0, 0.05) is 18.2 Å². The number of nitrogens with one attached hydrogen (secondary N) is 2. The van der Waals surface area contributed by atoms with E-state index in [0.717, 1.165) is 19.4 Å². The van der Waals surface area contributed by atoms with Crippen LogP contribution in [-0.4, -0.2) is 25.0 Å². The molecule has 0 radical (unpaired) electrons. The normalized spacial score (nSPS) is 20.1. The van der Waals surface area contributed by atoms with Crippen molar-refractivity contribution in [3.05, 3.63) is 35.1 Å². The molecule has 1 saturated heterocycles. The number of halogens is 4. The topological polar surface area (TPSA) is 41.1 Å². The zero-order chi connectivity index (χ0) is 15.6. The van der Waals surface area contributed by atoms with E-state index in [9.17, 15) is 18.0 Å². The maximum absolute atomic E-state index is 13.1. The predicted octanol–water partition coefficient (Wildman–Crippen LogP) is 3.03. The van der Waals surface area contributed by atoms with E-state index < -0.39 is 23.4 Å². The maximum Gasteiger partial charge on any atom is 0.251 e. The van der Waals surface area contributed by atoms with Crippen LogP contribution >= 0.6 is 12.4 Å². The van der Waals surface area contributed by atoms with Gasteiger partial charge < -0.3 is 10.6 Å². The molecule has 0 bridgehead atoms. The Morgan fingerprint density at radius 3 is 2.45 bits per heavy atom. The average molecular weight is 337 g/mol. The van der Waals surface area contributed by atoms with Gasteiger partial charge in [-0.1, -0.05) is 13.8 Å². The van der Waals surface area contributed by atoms with E-state index in [0.29, 0.717) is 18.7 Å². The Morgan fingerprint density at radius 1 is 1.32 bits per heavy atom. The van der Waals surface area contributed by atoms with Gasteiger partial charge in [-0.05, 0) is 36.9 Å². The van der Waals surface area contributed by atoms with Crippen molar-refractivity contribution in [2.75, 3.05) is 13.1 Å². The summed E-state index contributed by atoms with van der Waals surface area (Å²) in [5.74, 6) is -4.91. The molecule has 1 aromatic rings. The molecule has 2 N–H and O–H groups in total. The summed E-state index contributed by atoms with van der Waals surface area (Å²) in [5.41, 5.74) is -0.190. The lowest BCUT2D eigenvalue weighted by atomic mass is 9.77. The van der Waals surface area contributed by atoms with Gasteiger partial charge in [0.1, 0.15) is 0 Å². The molecule has 1 aliphatic heterocycles. The van der Waals surface area contributed by atoms with Crippen LogP contribution in [0.5, 0.6) is 0 Å². The quantitative estimate of drug-likeness (QED) is 0.833. The highest BCUT2D eigenvalue weighted by atomic mass is 35.5. The molecule has 1 heterocycles. The number of hydrogen-bond donors (Lipinski definition) is 2. The van der Waals surface area contributed by atoms with E-state index in [1.165, 1.54) is 0 Å². The molecule has 1 aliphatic rings. The molecule has 0 aromatic heterocycles. The molecular formula is C15H20ClF3N2O. The first-order chi connectivity index (χ1) is 9.81. The maximum atomic E-state index is 13.1. The minimum atomic E-state index is -1.57. The number of rotatable bonds is 3. The third-order valence-corrected chi connectivity index (χ3v) is 4.04. The van der Waals surface area contributed by atoms with Crippen molar-refractivity contribution in [1.82, 2.24) is 10.6 Å². The molecule has 7 heteroatoms. The molecule has 1 unspecified atom stereocenters. The van der Waals surface area contributed by atoms with Crippen LogP contribution in [0.3, 0.4) is 0 Å². The number of benzene rings is 1. The molecular weight excluding hydrogens is 317 g/mol. The van der Waals surface area contributed by atoms with E-state index in [1.54, 1.807) is 0 Å². The van der Waals surface area contributed by atoms with E-state index in [2.05, 4.69) is 24.5 Å². The molecule has 124 valence electrons. The third-order valence-electron chi connectivity index (χ3n) is 4.04. The molecule has 3 nitrogen and oxygen atoms in total. The average Bonchev–Trinajstić information content (AvgIpc) is 2.42. The lowest BCUT2D eigenvalue weighted by Crippen LogP contribution is -2.52. The van der Waals surface area contributed by atoms with Crippen LogP contribution in [0.1, 0.15) is 37.0 Å². The first kappa shape index (κ1) is 18.8. The van der Waals surface area contributed by atoms with E-state index in [-0.39, 0.29) is 29.4 Å². The van der Waals surface area contributed by atoms with Crippen molar-refractivity contribution in [1.29, 1.82) is 0 Å². The predicted molar refractivity (Wildman–Crippen MR) is 80.7 cm³/mol. The second-order valence-electron chi connectivity index (χ2n) is 6.06. The fraction of sp³-hybridized carbons (Fsp3) is 0.533. The van der Waals surface area contributed by atoms with Crippen LogP contribution in [0.4, 0.5) is 13.2 Å². The summed E-state index contributed by atoms with van der Waals surface area (Å²) >= 11 is 0. The summed E-state index contributed by atoms with van der Waals surface area (Å²) in [6.07, 6.45) is 2.12. The Bertz CT molecular complexity index is 529. The van der Waals surface area contributed by atoms with Gasteiger partial charge in [-0.25, -0.2) is 13.2 Å². The standard InChI is InChI=1S/C15H19F3N2O.ClH/c1-15(2)4-3-5-19-12(15)8-20-14(21)9-6-10(16)13(18)11(17)7-9;/h6-7,12,19H,3-5,8H2,1-2H3,(H,20,21);1H. The fourth-order valence-corrected chi connectivity index (χ4v) is 2.60. The first-order valence-corrected chi connectivity index (χ1v) is 6.97. The van der Waals surface area contributed by atoms with Crippen molar-refractivity contribution >= 4 is 18.3 Å². The molecule has 2 rings (SSSR count). The summed E-state index contributed by atoms with van der Waals surface area (Å²) in [7, 11) is 0. The Balaban J connectivity index is 0.00000242. The molecule has 22 heavy (non-hydrogen) atoms. The van der Waals surface area contributed by atoms with Crippen LogP contribution in [0.15, 0.2) is 12.1 Å². The highest BCUT2D eigenvalue weighted by Crippen LogP contribution is 2.29. The second-order valence-corrected chi connectivity index (χ2v) is 6.06. The van der Waals surface area contributed by atoms with Crippen molar-refractivity contribution in [2.24, 2.45) is 5.41 Å². The summed E-state index contributed by atoms with van der Waals surface area (Å²) < 4.78 is 39.1. The lowest BCUT2D eigenvalue weighted by molar-refractivity contribution is 0.0927. The van der Waals surface area contributed by atoms with E-state index in [4.69, 9.17) is 0 Å². The molecule has 1 amide bonds. The molecule has 0 spiro atoms. The molecule has 0 saturated carbocycles. The number of piperidine rings is 1. The summed E-state index contributed by atoms with van der Waals surface area (Å²) in [4.78, 5) is 11.9. The Labute approximate surface area is 134 Å². The van der Waals surface area contributed by atoms with Crippen LogP contribution in [-0.2, 0) is 0 Å². The number of carbonyl (C=O) groups is 1. The van der Waals surface area contributed by atoms with Gasteiger partial charge in [-0.15, -0.1) is 12.4 Å². The van der Waals surface area contributed by atoms with Crippen LogP contribution in [0, 0.1) is 22.9 Å². The molecule has 1 fully saturated rings. The Hall–Kier alpha value is -1.27. The zero-order valence-electron chi connectivity index (χ0n) is 12.5. The minimum absolute atomic E-state index is 0. The second kappa shape index (κ2) is 7.33. The monoisotopic (exact) mass is 336 g/mol. The van der Waals surface area contributed by atoms with Crippen molar-refractivity contribution in [3.8, 4) is 0 Å². The Morgan fingerprint density at radius 2 is 1.91 bits per heavy atom. The van der Waals surface area contributed by atoms with Crippen molar-refractivity contribution < 1.29 is 18.0 Å². The molecule has 1 aromatic carbocycles. The van der Waals surface area contributed by atoms with Crippen LogP contribution in [0.2, 0.25) is 0 Å². The smallest absolute Gasteiger partial charge is 0.251 e. The molecule has 1 atom stereocenters. The van der Waals surface area contributed by atoms with Crippen LogP contribution in [0.25, 0.3) is 0 Å². The zero-order valence-corrected chi connectivity index (χ0v) is 13.3. The van der Waals surface area contributed by atoms with Crippen molar-refractivity contribution in [2.45, 2.75) is 32.7 Å². The van der Waals surface area contributed by atoms with Gasteiger partial charge in [0.15, 0.2) is 17.5 Å². The van der Waals surface area contributed by atoms with Crippen molar-refractivity contribution in [3.63, 3.8) is 0 Å². The van der Waals surface area contributed by atoms with Gasteiger partial charge in [0.25, 0.3) is 5.91 Å².